The maximum atomic E-state index is 10.2. The first kappa shape index (κ1) is 10.6. The minimum Gasteiger partial charge on any atom is -0.356 e. The summed E-state index contributed by atoms with van der Waals surface area (Å²) in [6, 6.07) is 0.350. The van der Waals surface area contributed by atoms with E-state index in [0.717, 1.165) is 24.7 Å². The molecule has 1 fully saturated rings. The Bertz CT molecular complexity index is 158. The van der Waals surface area contributed by atoms with E-state index in [1.54, 1.807) is 0 Å². The Balaban J connectivity index is 2.28. The fourth-order valence-corrected chi connectivity index (χ4v) is 2.38. The van der Waals surface area contributed by atoms with Crippen molar-refractivity contribution in [3.05, 3.63) is 0 Å². The van der Waals surface area contributed by atoms with Gasteiger partial charge in [-0.05, 0) is 25.2 Å². The Hall–Kier alpha value is -0.530. The number of nitrogens with one attached hydrogen (secondary N) is 1. The van der Waals surface area contributed by atoms with Gasteiger partial charge in [0.25, 0.3) is 0 Å². The van der Waals surface area contributed by atoms with Crippen molar-refractivity contribution in [2.45, 2.75) is 52.0 Å². The maximum Gasteiger partial charge on any atom is 0.207 e. The van der Waals surface area contributed by atoms with Crippen molar-refractivity contribution in [3.8, 4) is 0 Å². The Morgan fingerprint density at radius 2 is 2.15 bits per heavy atom. The van der Waals surface area contributed by atoms with E-state index >= 15 is 0 Å². The van der Waals surface area contributed by atoms with Gasteiger partial charge in [-0.1, -0.05) is 32.6 Å². The average Bonchev–Trinajstić information content (AvgIpc) is 2.09. The second kappa shape index (κ2) is 5.25. The minimum absolute atomic E-state index is 0.350. The van der Waals surface area contributed by atoms with Crippen LogP contribution in [0.25, 0.3) is 0 Å². The molecule has 2 nitrogen and oxygen atoms in total. The summed E-state index contributed by atoms with van der Waals surface area (Å²) in [5, 5.41) is 2.83. The molecule has 2 heteroatoms. The van der Waals surface area contributed by atoms with E-state index < -0.39 is 0 Å². The number of hydrogen-bond donors (Lipinski definition) is 1. The summed E-state index contributed by atoms with van der Waals surface area (Å²) in [4.78, 5) is 10.2. The molecule has 0 saturated heterocycles. The number of hydrogen-bond acceptors (Lipinski definition) is 1. The molecule has 1 rings (SSSR count). The first-order chi connectivity index (χ1) is 6.24. The van der Waals surface area contributed by atoms with Crippen LogP contribution in [0.5, 0.6) is 0 Å². The van der Waals surface area contributed by atoms with Gasteiger partial charge in [0.1, 0.15) is 0 Å². The van der Waals surface area contributed by atoms with Gasteiger partial charge in [-0.15, -0.1) is 0 Å². The highest BCUT2D eigenvalue weighted by Crippen LogP contribution is 2.32. The third-order valence-corrected chi connectivity index (χ3v) is 3.30. The molecule has 1 N–H and O–H groups in total. The fourth-order valence-electron chi connectivity index (χ4n) is 2.38. The van der Waals surface area contributed by atoms with Gasteiger partial charge in [0.05, 0.1) is 0 Å². The van der Waals surface area contributed by atoms with Crippen molar-refractivity contribution in [3.63, 3.8) is 0 Å². The zero-order chi connectivity index (χ0) is 9.68. The summed E-state index contributed by atoms with van der Waals surface area (Å²) in [5.41, 5.74) is 0. The van der Waals surface area contributed by atoms with Crippen LogP contribution < -0.4 is 5.32 Å². The first-order valence-corrected chi connectivity index (χ1v) is 5.43. The van der Waals surface area contributed by atoms with Crippen molar-refractivity contribution < 1.29 is 4.79 Å². The Morgan fingerprint density at radius 3 is 2.77 bits per heavy atom. The van der Waals surface area contributed by atoms with E-state index in [0.29, 0.717) is 6.04 Å². The van der Waals surface area contributed by atoms with Gasteiger partial charge in [-0.2, -0.15) is 0 Å². The van der Waals surface area contributed by atoms with Gasteiger partial charge in [-0.25, -0.2) is 0 Å². The molecule has 1 amide bonds. The summed E-state index contributed by atoms with van der Waals surface area (Å²) in [7, 11) is 0. The molecule has 1 aliphatic carbocycles. The first-order valence-electron chi connectivity index (χ1n) is 5.43. The smallest absolute Gasteiger partial charge is 0.207 e. The van der Waals surface area contributed by atoms with Crippen molar-refractivity contribution in [2.75, 3.05) is 0 Å². The van der Waals surface area contributed by atoms with Crippen LogP contribution >= 0.6 is 0 Å². The molecule has 0 aromatic carbocycles. The Labute approximate surface area is 81.1 Å². The van der Waals surface area contributed by atoms with Gasteiger partial charge in [0.15, 0.2) is 0 Å². The lowest BCUT2D eigenvalue weighted by atomic mass is 9.77. The molecule has 0 radical (unpaired) electrons. The standard InChI is InChI=1S/C11H21NO/c1-9-5-3-4-6-11(9)7-10(2)12-8-13/h8-11H,3-7H2,1-2H3,(H,12,13). The SMILES string of the molecule is CC(CC1CCCCC1C)NC=O. The molecule has 76 valence electrons. The lowest BCUT2D eigenvalue weighted by molar-refractivity contribution is -0.110. The van der Waals surface area contributed by atoms with Gasteiger partial charge < -0.3 is 5.32 Å². The molecule has 0 aliphatic heterocycles. The quantitative estimate of drug-likeness (QED) is 0.666. The highest BCUT2D eigenvalue weighted by Gasteiger charge is 2.22. The number of carbonyl (C=O) groups excluding carboxylic acids is 1. The van der Waals surface area contributed by atoms with Crippen molar-refractivity contribution in [1.29, 1.82) is 0 Å². The molecule has 13 heavy (non-hydrogen) atoms. The molecule has 0 heterocycles. The van der Waals surface area contributed by atoms with E-state index in [1.165, 1.54) is 25.7 Å². The second-order valence-electron chi connectivity index (χ2n) is 4.44. The number of carbonyl (C=O) groups is 1. The summed E-state index contributed by atoms with van der Waals surface area (Å²) >= 11 is 0. The van der Waals surface area contributed by atoms with Crippen LogP contribution in [0, 0.1) is 11.8 Å². The van der Waals surface area contributed by atoms with Gasteiger partial charge in [0, 0.05) is 6.04 Å². The van der Waals surface area contributed by atoms with Crippen LogP contribution in [0.1, 0.15) is 46.0 Å². The van der Waals surface area contributed by atoms with E-state index in [-0.39, 0.29) is 0 Å². The molecule has 1 saturated carbocycles. The average molecular weight is 183 g/mol. The maximum absolute atomic E-state index is 10.2. The molecule has 0 bridgehead atoms. The summed E-state index contributed by atoms with van der Waals surface area (Å²) < 4.78 is 0. The van der Waals surface area contributed by atoms with Crippen molar-refractivity contribution in [1.82, 2.24) is 5.32 Å². The second-order valence-corrected chi connectivity index (χ2v) is 4.44. The van der Waals surface area contributed by atoms with Crippen LogP contribution in [0.15, 0.2) is 0 Å². The molecular formula is C11H21NO. The summed E-state index contributed by atoms with van der Waals surface area (Å²) in [6.07, 6.45) is 7.47. The van der Waals surface area contributed by atoms with E-state index in [1.807, 2.05) is 0 Å². The summed E-state index contributed by atoms with van der Waals surface area (Å²) in [6.45, 7) is 4.44. The summed E-state index contributed by atoms with van der Waals surface area (Å²) in [5.74, 6) is 1.68. The molecule has 1 aliphatic rings. The van der Waals surface area contributed by atoms with Crippen LogP contribution in [-0.2, 0) is 4.79 Å². The number of rotatable bonds is 4. The van der Waals surface area contributed by atoms with E-state index in [2.05, 4.69) is 19.2 Å². The zero-order valence-electron chi connectivity index (χ0n) is 8.75. The predicted octanol–water partition coefficient (Wildman–Crippen LogP) is 2.34. The predicted molar refractivity (Wildman–Crippen MR) is 54.4 cm³/mol. The highest BCUT2D eigenvalue weighted by molar-refractivity contribution is 5.46. The zero-order valence-corrected chi connectivity index (χ0v) is 8.75. The van der Waals surface area contributed by atoms with Crippen LogP contribution in [0.2, 0.25) is 0 Å². The molecular weight excluding hydrogens is 162 g/mol. The Kier molecular flexibility index (Phi) is 4.26. The highest BCUT2D eigenvalue weighted by atomic mass is 16.1. The topological polar surface area (TPSA) is 29.1 Å². The van der Waals surface area contributed by atoms with E-state index in [9.17, 15) is 4.79 Å². The van der Waals surface area contributed by atoms with Gasteiger partial charge >= 0.3 is 0 Å². The lowest BCUT2D eigenvalue weighted by Gasteiger charge is -2.30. The molecule has 0 spiro atoms. The lowest BCUT2D eigenvalue weighted by Crippen LogP contribution is -2.30. The molecule has 3 atom stereocenters. The fraction of sp³-hybridized carbons (Fsp3) is 0.909. The third kappa shape index (κ3) is 3.37. The van der Waals surface area contributed by atoms with E-state index in [4.69, 9.17) is 0 Å². The van der Waals surface area contributed by atoms with Gasteiger partial charge in [0.2, 0.25) is 6.41 Å². The van der Waals surface area contributed by atoms with Gasteiger partial charge in [-0.3, -0.25) is 4.79 Å². The largest absolute Gasteiger partial charge is 0.356 e. The monoisotopic (exact) mass is 183 g/mol. The molecule has 3 unspecified atom stereocenters. The molecule has 0 aromatic heterocycles. The number of amides is 1. The van der Waals surface area contributed by atoms with Crippen LogP contribution in [0.4, 0.5) is 0 Å². The minimum atomic E-state index is 0.350. The Morgan fingerprint density at radius 1 is 1.46 bits per heavy atom. The van der Waals surface area contributed by atoms with Crippen molar-refractivity contribution in [2.24, 2.45) is 11.8 Å². The van der Waals surface area contributed by atoms with Crippen LogP contribution in [-0.4, -0.2) is 12.5 Å². The third-order valence-electron chi connectivity index (χ3n) is 3.30. The molecule has 0 aromatic rings. The van der Waals surface area contributed by atoms with Crippen LogP contribution in [0.3, 0.4) is 0 Å². The van der Waals surface area contributed by atoms with Crippen molar-refractivity contribution >= 4 is 6.41 Å². The normalized spacial score (nSPS) is 30.9.